The first-order chi connectivity index (χ1) is 10.3. The molecule has 3 aromatic rings. The molecule has 0 aliphatic rings. The smallest absolute Gasteiger partial charge is 0.215 e. The molecule has 0 aliphatic carbocycles. The highest BCUT2D eigenvalue weighted by molar-refractivity contribution is 5.21. The molecule has 1 aromatic heterocycles. The Balaban J connectivity index is 1.77. The predicted molar refractivity (Wildman–Crippen MR) is 81.7 cm³/mol. The van der Waals surface area contributed by atoms with E-state index in [2.05, 4.69) is 4.98 Å². The Bertz CT molecular complexity index is 712. The van der Waals surface area contributed by atoms with Crippen LogP contribution in [0.2, 0.25) is 0 Å². The van der Waals surface area contributed by atoms with Crippen molar-refractivity contribution in [2.75, 3.05) is 0 Å². The lowest BCUT2D eigenvalue weighted by Gasteiger charge is -2.06. The zero-order chi connectivity index (χ0) is 14.5. The topological polar surface area (TPSA) is 39.8 Å². The molecule has 0 fully saturated rings. The average molecular weight is 276 g/mol. The number of hydrogen-bond acceptors (Lipinski definition) is 2. The first-order valence-corrected chi connectivity index (χ1v) is 6.96. The molecule has 0 amide bonds. The molecule has 0 radical (unpaired) electrons. The minimum atomic E-state index is 0.600. The highest BCUT2D eigenvalue weighted by atomic mass is 16.5. The predicted octanol–water partition coefficient (Wildman–Crippen LogP) is 2.90. The highest BCUT2D eigenvalue weighted by Crippen LogP contribution is 2.08. The van der Waals surface area contributed by atoms with E-state index in [0.717, 1.165) is 21.6 Å². The summed E-state index contributed by atoms with van der Waals surface area (Å²) in [5.41, 5.74) is 3.71. The van der Waals surface area contributed by atoms with Gasteiger partial charge in [-0.1, -0.05) is 60.7 Å². The van der Waals surface area contributed by atoms with Gasteiger partial charge in [0.1, 0.15) is 5.69 Å². The third-order valence-corrected chi connectivity index (χ3v) is 3.38. The van der Waals surface area contributed by atoms with Crippen molar-refractivity contribution >= 4 is 0 Å². The van der Waals surface area contributed by atoms with E-state index in [-0.39, 0.29) is 0 Å². The van der Waals surface area contributed by atoms with Crippen molar-refractivity contribution in [2.24, 2.45) is 0 Å². The van der Waals surface area contributed by atoms with Crippen molar-refractivity contribution < 1.29 is 4.73 Å². The van der Waals surface area contributed by atoms with E-state index < -0.39 is 0 Å². The van der Waals surface area contributed by atoms with E-state index in [4.69, 9.17) is 0 Å². The van der Waals surface area contributed by atoms with Gasteiger partial charge in [0.15, 0.2) is 0 Å². The first-order valence-electron chi connectivity index (χ1n) is 6.96. The SMILES string of the molecule is [O-][n+]1cc(Cc2ccccc2)ncc1Cc1ccccc1. The quantitative estimate of drug-likeness (QED) is 0.543. The fourth-order valence-electron chi connectivity index (χ4n) is 2.29. The maximum atomic E-state index is 12.1. The second kappa shape index (κ2) is 6.18. The van der Waals surface area contributed by atoms with Gasteiger partial charge in [0.05, 0.1) is 12.6 Å². The summed E-state index contributed by atoms with van der Waals surface area (Å²) in [6, 6.07) is 20.0. The van der Waals surface area contributed by atoms with Gasteiger partial charge in [-0.15, -0.1) is 0 Å². The molecule has 3 rings (SSSR count). The van der Waals surface area contributed by atoms with Gasteiger partial charge in [-0.05, 0) is 11.1 Å². The molecule has 0 aliphatic heterocycles. The minimum Gasteiger partial charge on any atom is -0.618 e. The summed E-state index contributed by atoms with van der Waals surface area (Å²) < 4.78 is 0.929. The Morgan fingerprint density at radius 3 is 1.95 bits per heavy atom. The van der Waals surface area contributed by atoms with Crippen LogP contribution in [0, 0.1) is 5.21 Å². The first kappa shape index (κ1) is 13.3. The molecule has 0 saturated carbocycles. The third-order valence-electron chi connectivity index (χ3n) is 3.38. The normalized spacial score (nSPS) is 10.5. The molecule has 21 heavy (non-hydrogen) atoms. The number of rotatable bonds is 4. The van der Waals surface area contributed by atoms with Gasteiger partial charge in [0.2, 0.25) is 11.9 Å². The van der Waals surface area contributed by atoms with E-state index in [1.165, 1.54) is 0 Å². The number of benzene rings is 2. The maximum absolute atomic E-state index is 12.1. The summed E-state index contributed by atoms with van der Waals surface area (Å²) >= 11 is 0. The summed E-state index contributed by atoms with van der Waals surface area (Å²) in [6.07, 6.45) is 4.53. The molecule has 104 valence electrons. The molecule has 0 atom stereocenters. The van der Waals surface area contributed by atoms with E-state index >= 15 is 0 Å². The monoisotopic (exact) mass is 276 g/mol. The van der Waals surface area contributed by atoms with Crippen molar-refractivity contribution in [1.82, 2.24) is 4.98 Å². The van der Waals surface area contributed by atoms with E-state index in [9.17, 15) is 5.21 Å². The van der Waals surface area contributed by atoms with Crippen LogP contribution in [0.25, 0.3) is 0 Å². The molecule has 1 heterocycles. The second-order valence-electron chi connectivity index (χ2n) is 5.02. The van der Waals surface area contributed by atoms with Gasteiger partial charge in [-0.2, -0.15) is 4.73 Å². The largest absolute Gasteiger partial charge is 0.618 e. The zero-order valence-corrected chi connectivity index (χ0v) is 11.6. The Morgan fingerprint density at radius 1 is 0.810 bits per heavy atom. The molecule has 2 aromatic carbocycles. The van der Waals surface area contributed by atoms with Crippen LogP contribution in [0.3, 0.4) is 0 Å². The van der Waals surface area contributed by atoms with Crippen molar-refractivity contribution in [3.8, 4) is 0 Å². The molecule has 3 nitrogen and oxygen atoms in total. The Morgan fingerprint density at radius 2 is 1.38 bits per heavy atom. The van der Waals surface area contributed by atoms with Crippen molar-refractivity contribution in [2.45, 2.75) is 12.8 Å². The Hall–Kier alpha value is -2.68. The van der Waals surface area contributed by atoms with Gasteiger partial charge in [0.25, 0.3) is 0 Å². The van der Waals surface area contributed by atoms with Gasteiger partial charge >= 0.3 is 0 Å². The van der Waals surface area contributed by atoms with Crippen LogP contribution in [0.15, 0.2) is 73.1 Å². The molecule has 0 bridgehead atoms. The van der Waals surface area contributed by atoms with Crippen molar-refractivity contribution in [3.05, 3.63) is 101 Å². The maximum Gasteiger partial charge on any atom is 0.215 e. The third kappa shape index (κ3) is 3.45. The van der Waals surface area contributed by atoms with Crippen molar-refractivity contribution in [1.29, 1.82) is 0 Å². The molecule has 3 heteroatoms. The van der Waals surface area contributed by atoms with Crippen LogP contribution in [0.4, 0.5) is 0 Å². The van der Waals surface area contributed by atoms with Crippen molar-refractivity contribution in [3.63, 3.8) is 0 Å². The molecule has 0 spiro atoms. The van der Waals surface area contributed by atoms with Crippen LogP contribution >= 0.6 is 0 Å². The summed E-state index contributed by atoms with van der Waals surface area (Å²) in [7, 11) is 0. The molecular formula is C18H16N2O. The van der Waals surface area contributed by atoms with E-state index in [1.807, 2.05) is 60.7 Å². The van der Waals surface area contributed by atoms with Crippen LogP contribution in [0.5, 0.6) is 0 Å². The van der Waals surface area contributed by atoms with Gasteiger partial charge < -0.3 is 5.21 Å². The van der Waals surface area contributed by atoms with Gasteiger partial charge in [0, 0.05) is 6.42 Å². The lowest BCUT2D eigenvalue weighted by atomic mass is 10.1. The van der Waals surface area contributed by atoms with Crippen LogP contribution in [0.1, 0.15) is 22.5 Å². The van der Waals surface area contributed by atoms with Crippen LogP contribution in [-0.4, -0.2) is 4.98 Å². The van der Waals surface area contributed by atoms with Crippen LogP contribution < -0.4 is 4.73 Å². The standard InChI is InChI=1S/C18H16N2O/c21-20-14-17(11-15-7-3-1-4-8-15)19-13-18(20)12-16-9-5-2-6-10-16/h1-10,13-14H,11-12H2. The number of nitrogens with zero attached hydrogens (tertiary/aromatic N) is 2. The molecular weight excluding hydrogens is 260 g/mol. The van der Waals surface area contributed by atoms with Gasteiger partial charge in [-0.25, -0.2) is 4.98 Å². The fraction of sp³-hybridized carbons (Fsp3) is 0.111. The van der Waals surface area contributed by atoms with Crippen LogP contribution in [-0.2, 0) is 12.8 Å². The minimum absolute atomic E-state index is 0.600. The second-order valence-corrected chi connectivity index (χ2v) is 5.02. The zero-order valence-electron chi connectivity index (χ0n) is 11.6. The number of hydrogen-bond donors (Lipinski definition) is 0. The van der Waals surface area contributed by atoms with Gasteiger partial charge in [-0.3, -0.25) is 0 Å². The number of aromatic nitrogens is 2. The lowest BCUT2D eigenvalue weighted by molar-refractivity contribution is -0.614. The molecule has 0 unspecified atom stereocenters. The van der Waals surface area contributed by atoms with E-state index in [1.54, 1.807) is 12.4 Å². The average Bonchev–Trinajstić information content (AvgIpc) is 2.52. The highest BCUT2D eigenvalue weighted by Gasteiger charge is 2.09. The summed E-state index contributed by atoms with van der Waals surface area (Å²) in [5.74, 6) is 0. The molecule has 0 saturated heterocycles. The Kier molecular flexibility index (Phi) is 3.92. The molecule has 0 N–H and O–H groups in total. The summed E-state index contributed by atoms with van der Waals surface area (Å²) in [6.45, 7) is 0. The summed E-state index contributed by atoms with van der Waals surface area (Å²) in [5, 5.41) is 12.1. The van der Waals surface area contributed by atoms with E-state index in [0.29, 0.717) is 18.5 Å². The fourth-order valence-corrected chi connectivity index (χ4v) is 2.29. The lowest BCUT2D eigenvalue weighted by Crippen LogP contribution is -2.32. The summed E-state index contributed by atoms with van der Waals surface area (Å²) in [4.78, 5) is 4.41. The Labute approximate surface area is 124 Å².